The lowest BCUT2D eigenvalue weighted by Crippen LogP contribution is -2.50. The minimum atomic E-state index is -0.0347. The Hall–Kier alpha value is -3.61. The van der Waals surface area contributed by atoms with Gasteiger partial charge in [0.1, 0.15) is 0 Å². The maximum atomic E-state index is 12.6. The average molecular weight is 433 g/mol. The van der Waals surface area contributed by atoms with E-state index in [-0.39, 0.29) is 12.5 Å². The lowest BCUT2D eigenvalue weighted by atomic mass is 10.1. The smallest absolute Gasteiger partial charge is 0.260 e. The first-order valence-electron chi connectivity index (χ1n) is 10.9. The normalized spacial score (nSPS) is 13.7. The summed E-state index contributed by atoms with van der Waals surface area (Å²) in [5.74, 6) is 1.99. The molecule has 7 nitrogen and oxygen atoms in total. The second-order valence-electron chi connectivity index (χ2n) is 7.63. The zero-order valence-electron chi connectivity index (χ0n) is 18.5. The molecule has 3 aromatic rings. The van der Waals surface area contributed by atoms with E-state index in [1.807, 2.05) is 35.2 Å². The van der Waals surface area contributed by atoms with E-state index in [4.69, 9.17) is 9.47 Å². The van der Waals surface area contributed by atoms with Crippen LogP contribution in [0.2, 0.25) is 0 Å². The number of piperazine rings is 1. The summed E-state index contributed by atoms with van der Waals surface area (Å²) in [5.41, 5.74) is 3.23. The van der Waals surface area contributed by atoms with E-state index >= 15 is 0 Å². The molecule has 4 rings (SSSR count). The van der Waals surface area contributed by atoms with Crippen molar-refractivity contribution in [1.82, 2.24) is 15.1 Å². The Kier molecular flexibility index (Phi) is 6.84. The van der Waals surface area contributed by atoms with Crippen molar-refractivity contribution in [3.05, 3.63) is 66.2 Å². The summed E-state index contributed by atoms with van der Waals surface area (Å²) < 4.78 is 10.9. The van der Waals surface area contributed by atoms with Crippen LogP contribution in [0.4, 0.5) is 5.82 Å². The Morgan fingerprint density at radius 2 is 1.62 bits per heavy atom. The number of carbonyl (C=O) groups excluding carboxylic acids is 1. The molecule has 1 aliphatic rings. The topological polar surface area (TPSA) is 67.8 Å². The van der Waals surface area contributed by atoms with Crippen molar-refractivity contribution >= 4 is 11.7 Å². The fourth-order valence-corrected chi connectivity index (χ4v) is 3.71. The third kappa shape index (κ3) is 4.99. The van der Waals surface area contributed by atoms with E-state index in [0.29, 0.717) is 37.7 Å². The zero-order valence-corrected chi connectivity index (χ0v) is 18.5. The van der Waals surface area contributed by atoms with Gasteiger partial charge in [0.15, 0.2) is 23.9 Å². The minimum absolute atomic E-state index is 0.00824. The molecule has 32 heavy (non-hydrogen) atoms. The molecule has 1 amide bonds. The number of amides is 1. The number of carbonyl (C=O) groups is 1. The predicted molar refractivity (Wildman–Crippen MR) is 124 cm³/mol. The quantitative estimate of drug-likeness (QED) is 0.570. The molecule has 0 spiro atoms. The molecule has 2 aromatic carbocycles. The van der Waals surface area contributed by atoms with Crippen LogP contribution in [0, 0.1) is 0 Å². The number of nitrogens with zero attached hydrogens (tertiary/aromatic N) is 4. The van der Waals surface area contributed by atoms with Crippen molar-refractivity contribution in [2.45, 2.75) is 13.3 Å². The molecule has 1 aromatic heterocycles. The molecular formula is C25H28N4O3. The average Bonchev–Trinajstić information content (AvgIpc) is 2.87. The van der Waals surface area contributed by atoms with Gasteiger partial charge < -0.3 is 19.3 Å². The second-order valence-corrected chi connectivity index (χ2v) is 7.63. The summed E-state index contributed by atoms with van der Waals surface area (Å²) >= 11 is 0. The number of hydrogen-bond acceptors (Lipinski definition) is 6. The highest BCUT2D eigenvalue weighted by atomic mass is 16.5. The van der Waals surface area contributed by atoms with Crippen molar-refractivity contribution in [2.75, 3.05) is 44.8 Å². The molecule has 2 heterocycles. The number of aromatic nitrogens is 2. The highest BCUT2D eigenvalue weighted by Crippen LogP contribution is 2.26. The third-order valence-electron chi connectivity index (χ3n) is 5.69. The van der Waals surface area contributed by atoms with Crippen LogP contribution in [0.3, 0.4) is 0 Å². The van der Waals surface area contributed by atoms with Gasteiger partial charge in [0.25, 0.3) is 5.91 Å². The largest absolute Gasteiger partial charge is 0.493 e. The zero-order chi connectivity index (χ0) is 22.3. The van der Waals surface area contributed by atoms with Crippen molar-refractivity contribution in [2.24, 2.45) is 0 Å². The Bertz CT molecular complexity index is 1030. The first-order chi connectivity index (χ1) is 15.7. The van der Waals surface area contributed by atoms with Gasteiger partial charge in [-0.05, 0) is 36.2 Å². The Morgan fingerprint density at radius 3 is 2.25 bits per heavy atom. The van der Waals surface area contributed by atoms with Gasteiger partial charge in [-0.2, -0.15) is 0 Å². The maximum Gasteiger partial charge on any atom is 0.260 e. The summed E-state index contributed by atoms with van der Waals surface area (Å²) in [6.07, 6.45) is 1.02. The van der Waals surface area contributed by atoms with Crippen LogP contribution in [-0.2, 0) is 11.2 Å². The SMILES string of the molecule is CCc1ccc(-c2ccc(N3CCN(C(=O)COc4ccccc4OC)CC3)nn2)cc1. The number of benzene rings is 2. The van der Waals surface area contributed by atoms with Crippen molar-refractivity contribution in [3.63, 3.8) is 0 Å². The van der Waals surface area contributed by atoms with E-state index in [1.165, 1.54) is 5.56 Å². The summed E-state index contributed by atoms with van der Waals surface area (Å²) in [6, 6.07) is 19.7. The number of rotatable bonds is 7. The second kappa shape index (κ2) is 10.1. The van der Waals surface area contributed by atoms with Gasteiger partial charge in [-0.25, -0.2) is 0 Å². The molecule has 0 bridgehead atoms. The summed E-state index contributed by atoms with van der Waals surface area (Å²) in [4.78, 5) is 16.6. The van der Waals surface area contributed by atoms with Crippen LogP contribution in [0.5, 0.6) is 11.5 Å². The minimum Gasteiger partial charge on any atom is -0.493 e. The lowest BCUT2D eigenvalue weighted by Gasteiger charge is -2.35. The summed E-state index contributed by atoms with van der Waals surface area (Å²) in [7, 11) is 1.58. The molecule has 1 fully saturated rings. The van der Waals surface area contributed by atoms with E-state index in [0.717, 1.165) is 23.5 Å². The van der Waals surface area contributed by atoms with E-state index in [1.54, 1.807) is 13.2 Å². The maximum absolute atomic E-state index is 12.6. The fraction of sp³-hybridized carbons (Fsp3) is 0.320. The molecule has 166 valence electrons. The monoisotopic (exact) mass is 432 g/mol. The van der Waals surface area contributed by atoms with E-state index in [9.17, 15) is 4.79 Å². The van der Waals surface area contributed by atoms with Gasteiger partial charge in [0.05, 0.1) is 12.8 Å². The highest BCUT2D eigenvalue weighted by molar-refractivity contribution is 5.78. The molecular weight excluding hydrogens is 404 g/mol. The fourth-order valence-electron chi connectivity index (χ4n) is 3.71. The van der Waals surface area contributed by atoms with Gasteiger partial charge in [-0.1, -0.05) is 43.3 Å². The lowest BCUT2D eigenvalue weighted by molar-refractivity contribution is -0.133. The van der Waals surface area contributed by atoms with Crippen molar-refractivity contribution in [1.29, 1.82) is 0 Å². The molecule has 0 atom stereocenters. The number of anilines is 1. The molecule has 0 N–H and O–H groups in total. The van der Waals surface area contributed by atoms with Gasteiger partial charge in [0, 0.05) is 31.7 Å². The molecule has 0 radical (unpaired) electrons. The van der Waals surface area contributed by atoms with Crippen molar-refractivity contribution < 1.29 is 14.3 Å². The van der Waals surface area contributed by atoms with Gasteiger partial charge in [0.2, 0.25) is 0 Å². The van der Waals surface area contributed by atoms with Gasteiger partial charge >= 0.3 is 0 Å². The number of para-hydroxylation sites is 2. The number of ether oxygens (including phenoxy) is 2. The standard InChI is InChI=1S/C25H28N4O3/c1-3-19-8-10-20(11-9-19)21-12-13-24(27-26-21)28-14-16-29(17-15-28)25(30)18-32-23-7-5-4-6-22(23)31-2/h4-13H,3,14-18H2,1-2H3. The molecule has 0 saturated carbocycles. The first-order valence-corrected chi connectivity index (χ1v) is 10.9. The highest BCUT2D eigenvalue weighted by Gasteiger charge is 2.22. The molecule has 7 heteroatoms. The van der Waals surface area contributed by atoms with E-state index < -0.39 is 0 Å². The first kappa shape index (κ1) is 21.6. The third-order valence-corrected chi connectivity index (χ3v) is 5.69. The Morgan fingerprint density at radius 1 is 0.906 bits per heavy atom. The van der Waals surface area contributed by atoms with Crippen LogP contribution < -0.4 is 14.4 Å². The van der Waals surface area contributed by atoms with Gasteiger partial charge in [-0.3, -0.25) is 4.79 Å². The van der Waals surface area contributed by atoms with Crippen LogP contribution >= 0.6 is 0 Å². The molecule has 1 aliphatic heterocycles. The number of methoxy groups -OCH3 is 1. The Labute approximate surface area is 188 Å². The van der Waals surface area contributed by atoms with Crippen molar-refractivity contribution in [3.8, 4) is 22.8 Å². The van der Waals surface area contributed by atoms with Gasteiger partial charge in [-0.15, -0.1) is 10.2 Å². The summed E-state index contributed by atoms with van der Waals surface area (Å²) in [6.45, 7) is 4.79. The van der Waals surface area contributed by atoms with Crippen LogP contribution in [0.25, 0.3) is 11.3 Å². The van der Waals surface area contributed by atoms with Crippen LogP contribution in [-0.4, -0.2) is 60.9 Å². The predicted octanol–water partition coefficient (Wildman–Crippen LogP) is 3.44. The number of hydrogen-bond donors (Lipinski definition) is 0. The number of aryl methyl sites for hydroxylation is 1. The molecule has 0 aliphatic carbocycles. The summed E-state index contributed by atoms with van der Waals surface area (Å²) in [5, 5.41) is 8.83. The Balaban J connectivity index is 1.29. The van der Waals surface area contributed by atoms with E-state index in [2.05, 4.69) is 46.3 Å². The van der Waals surface area contributed by atoms with Crippen LogP contribution in [0.1, 0.15) is 12.5 Å². The molecule has 0 unspecified atom stereocenters. The van der Waals surface area contributed by atoms with Crippen LogP contribution in [0.15, 0.2) is 60.7 Å². The molecule has 1 saturated heterocycles.